The molecule has 0 aromatic carbocycles. The number of ether oxygens (including phenoxy) is 1. The van der Waals surface area contributed by atoms with Crippen LogP contribution in [-0.2, 0) is 14.1 Å². The number of hydrogen-bond donors (Lipinski definition) is 0. The first-order valence-electron chi connectivity index (χ1n) is 6.15. The Labute approximate surface area is 102 Å². The first-order chi connectivity index (χ1) is 7.63. The fourth-order valence-electron chi connectivity index (χ4n) is 1.45. The Morgan fingerprint density at radius 3 is 2.56 bits per heavy atom. The number of esters is 1. The molecule has 96 valence electrons. The lowest BCUT2D eigenvalue weighted by Gasteiger charge is -2.15. The van der Waals surface area contributed by atoms with E-state index in [-0.39, 0.29) is 12.1 Å². The largest absolute Gasteiger partial charge is 0.465 e. The van der Waals surface area contributed by atoms with Gasteiger partial charge in [0.05, 0.1) is 19.1 Å². The summed E-state index contributed by atoms with van der Waals surface area (Å²) in [5.41, 5.74) is 0. The van der Waals surface area contributed by atoms with Crippen molar-refractivity contribution in [3.05, 3.63) is 0 Å². The second-order valence-electron chi connectivity index (χ2n) is 4.25. The van der Waals surface area contributed by atoms with Crippen LogP contribution in [0.15, 0.2) is 0 Å². The summed E-state index contributed by atoms with van der Waals surface area (Å²) in [6, 6.07) is 0. The third-order valence-electron chi connectivity index (χ3n) is 2.71. The lowest BCUT2D eigenvalue weighted by atomic mass is 10.0. The van der Waals surface area contributed by atoms with Crippen LogP contribution >= 0.6 is 9.47 Å². The third-order valence-corrected chi connectivity index (χ3v) is 3.17. The van der Waals surface area contributed by atoms with E-state index in [1.807, 2.05) is 6.92 Å². The van der Waals surface area contributed by atoms with Crippen LogP contribution in [0.1, 0.15) is 52.9 Å². The molecule has 16 heavy (non-hydrogen) atoms. The summed E-state index contributed by atoms with van der Waals surface area (Å²) in [6.45, 7) is 6.72. The van der Waals surface area contributed by atoms with E-state index in [0.717, 1.165) is 12.8 Å². The van der Waals surface area contributed by atoms with Crippen molar-refractivity contribution in [3.8, 4) is 0 Å². The van der Waals surface area contributed by atoms with Crippen LogP contribution < -0.4 is 0 Å². The molecule has 0 N–H and O–H groups in total. The molecule has 0 saturated carbocycles. The fourth-order valence-corrected chi connectivity index (χ4v) is 1.55. The average Bonchev–Trinajstić information content (AvgIpc) is 2.29. The van der Waals surface area contributed by atoms with Crippen molar-refractivity contribution in [1.29, 1.82) is 0 Å². The van der Waals surface area contributed by atoms with Gasteiger partial charge in [0.15, 0.2) is 0 Å². The first-order valence-corrected chi connectivity index (χ1v) is 6.62. The monoisotopic (exact) mass is 248 g/mol. The van der Waals surface area contributed by atoms with Crippen molar-refractivity contribution >= 4 is 15.4 Å². The number of carbonyl (C=O) groups excluding carboxylic acids is 1. The minimum atomic E-state index is -0.162. The van der Waals surface area contributed by atoms with E-state index in [1.54, 1.807) is 0 Å². The Hall–Kier alpha value is -0.140. The van der Waals surface area contributed by atoms with Gasteiger partial charge in [0.1, 0.15) is 0 Å². The van der Waals surface area contributed by atoms with Crippen molar-refractivity contribution in [1.82, 2.24) is 0 Å². The normalized spacial score (nSPS) is 14.5. The van der Waals surface area contributed by atoms with Crippen molar-refractivity contribution < 1.29 is 14.1 Å². The highest BCUT2D eigenvalue weighted by Gasteiger charge is 2.12. The molecule has 0 aliphatic carbocycles. The van der Waals surface area contributed by atoms with Gasteiger partial charge in [-0.2, -0.15) is 0 Å². The number of rotatable bonds is 9. The molecule has 0 aromatic heterocycles. The van der Waals surface area contributed by atoms with Crippen molar-refractivity contribution in [2.45, 2.75) is 59.0 Å². The Kier molecular flexibility index (Phi) is 9.95. The minimum Gasteiger partial charge on any atom is -0.465 e. The predicted octanol–water partition coefficient (Wildman–Crippen LogP) is 3.33. The van der Waals surface area contributed by atoms with Crippen molar-refractivity contribution in [2.24, 2.45) is 5.92 Å². The van der Waals surface area contributed by atoms with Gasteiger partial charge in [0, 0.05) is 9.47 Å². The molecule has 0 aliphatic rings. The molecule has 0 bridgehead atoms. The van der Waals surface area contributed by atoms with Crippen molar-refractivity contribution in [3.63, 3.8) is 0 Å². The second-order valence-corrected chi connectivity index (χ2v) is 4.52. The molecule has 3 nitrogen and oxygen atoms in total. The van der Waals surface area contributed by atoms with E-state index in [0.29, 0.717) is 18.9 Å². The Morgan fingerprint density at radius 1 is 1.38 bits per heavy atom. The lowest BCUT2D eigenvalue weighted by Crippen LogP contribution is -2.17. The van der Waals surface area contributed by atoms with Crippen LogP contribution in [0.5, 0.6) is 0 Å². The maximum absolute atomic E-state index is 11.4. The zero-order valence-electron chi connectivity index (χ0n) is 10.7. The van der Waals surface area contributed by atoms with E-state index >= 15 is 0 Å². The second kappa shape index (κ2) is 10.0. The highest BCUT2D eigenvalue weighted by Crippen LogP contribution is 2.13. The number of hydrogen-bond acceptors (Lipinski definition) is 3. The fraction of sp³-hybridized carbons (Fsp3) is 0.917. The summed E-state index contributed by atoms with van der Waals surface area (Å²) in [5, 5.41) is 0. The van der Waals surface area contributed by atoms with Gasteiger partial charge < -0.3 is 9.26 Å². The van der Waals surface area contributed by atoms with Crippen LogP contribution in [0.2, 0.25) is 0 Å². The zero-order valence-corrected chi connectivity index (χ0v) is 11.9. The predicted molar refractivity (Wildman–Crippen MR) is 69.1 cm³/mol. The Morgan fingerprint density at radius 2 is 2.06 bits per heavy atom. The number of unbranched alkanes of at least 4 members (excludes halogenated alkanes) is 1. The molecular weight excluding hydrogens is 223 g/mol. The molecule has 3 atom stereocenters. The molecule has 0 fully saturated rings. The van der Waals surface area contributed by atoms with Crippen LogP contribution in [-0.4, -0.2) is 18.7 Å². The smallest absolute Gasteiger partial charge is 0.308 e. The van der Waals surface area contributed by atoms with E-state index < -0.39 is 0 Å². The molecule has 0 aromatic rings. The summed E-state index contributed by atoms with van der Waals surface area (Å²) in [4.78, 5) is 11.4. The topological polar surface area (TPSA) is 35.5 Å². The summed E-state index contributed by atoms with van der Waals surface area (Å²) >= 11 is 0. The zero-order chi connectivity index (χ0) is 12.4. The van der Waals surface area contributed by atoms with Gasteiger partial charge in [-0.25, -0.2) is 0 Å². The van der Waals surface area contributed by atoms with Crippen LogP contribution in [0.3, 0.4) is 0 Å². The van der Waals surface area contributed by atoms with Gasteiger partial charge in [-0.1, -0.05) is 33.1 Å². The molecule has 0 amide bonds. The van der Waals surface area contributed by atoms with Gasteiger partial charge in [0.2, 0.25) is 0 Å². The molecule has 0 saturated heterocycles. The molecule has 0 aliphatic heterocycles. The van der Waals surface area contributed by atoms with Crippen LogP contribution in [0, 0.1) is 5.92 Å². The van der Waals surface area contributed by atoms with Gasteiger partial charge >= 0.3 is 5.97 Å². The van der Waals surface area contributed by atoms with Crippen LogP contribution in [0.25, 0.3) is 0 Å². The van der Waals surface area contributed by atoms with Gasteiger partial charge in [-0.3, -0.25) is 4.79 Å². The van der Waals surface area contributed by atoms with Gasteiger partial charge in [-0.15, -0.1) is 0 Å². The van der Waals surface area contributed by atoms with Crippen molar-refractivity contribution in [2.75, 3.05) is 6.61 Å². The summed E-state index contributed by atoms with van der Waals surface area (Å²) in [7, 11) is 2.16. The van der Waals surface area contributed by atoms with Gasteiger partial charge in [-0.05, 0) is 19.3 Å². The standard InChI is InChI=1S/C12H25O3P/c1-4-6-7-11(5-2)9-14-12(13)8-10(3)15-16/h10-11H,4-9,16H2,1-3H3. The molecule has 4 heteroatoms. The summed E-state index contributed by atoms with van der Waals surface area (Å²) in [5.74, 6) is 0.348. The van der Waals surface area contributed by atoms with E-state index in [2.05, 4.69) is 23.3 Å². The third kappa shape index (κ3) is 8.06. The molecule has 3 unspecified atom stereocenters. The molecule has 0 spiro atoms. The average molecular weight is 248 g/mol. The molecule has 0 rings (SSSR count). The van der Waals surface area contributed by atoms with E-state index in [4.69, 9.17) is 9.26 Å². The van der Waals surface area contributed by atoms with E-state index in [1.165, 1.54) is 12.8 Å². The minimum absolute atomic E-state index is 0.0896. The Bertz CT molecular complexity index is 185. The highest BCUT2D eigenvalue weighted by atomic mass is 31.0. The first kappa shape index (κ1) is 15.9. The molecule has 0 radical (unpaired) electrons. The molecular formula is C12H25O3P. The maximum Gasteiger partial charge on any atom is 0.308 e. The van der Waals surface area contributed by atoms with Crippen LogP contribution in [0.4, 0.5) is 0 Å². The lowest BCUT2D eigenvalue weighted by molar-refractivity contribution is -0.146. The molecule has 0 heterocycles. The summed E-state index contributed by atoms with van der Waals surface area (Å²) < 4.78 is 10.2. The number of carbonyl (C=O) groups is 1. The van der Waals surface area contributed by atoms with Gasteiger partial charge in [0.25, 0.3) is 0 Å². The Balaban J connectivity index is 3.70. The van der Waals surface area contributed by atoms with E-state index in [9.17, 15) is 4.79 Å². The maximum atomic E-state index is 11.4. The quantitative estimate of drug-likeness (QED) is 0.464. The summed E-state index contributed by atoms with van der Waals surface area (Å²) in [6.07, 6.45) is 4.86. The highest BCUT2D eigenvalue weighted by molar-refractivity contribution is 7.09. The SMILES string of the molecule is CCCCC(CC)COC(=O)CC(C)OP.